The van der Waals surface area contributed by atoms with Crippen LogP contribution in [-0.4, -0.2) is 62.4 Å². The van der Waals surface area contributed by atoms with E-state index in [1.165, 1.54) is 0 Å². The molecule has 1 aliphatic heterocycles. The molecule has 0 bridgehead atoms. The number of carbonyl (C=O) groups excluding carboxylic acids is 1. The average Bonchev–Trinajstić information content (AvgIpc) is 2.77. The van der Waals surface area contributed by atoms with E-state index in [0.717, 1.165) is 10.6 Å². The third kappa shape index (κ3) is 5.56. The van der Waals surface area contributed by atoms with Gasteiger partial charge in [-0.05, 0) is 18.6 Å². The lowest BCUT2D eigenvalue weighted by molar-refractivity contribution is -0.121. The fourth-order valence-electron chi connectivity index (χ4n) is 2.31. The molecule has 1 atom stereocenters. The normalized spacial score (nSPS) is 20.5. The van der Waals surface area contributed by atoms with Crippen molar-refractivity contribution in [3.63, 3.8) is 0 Å². The van der Waals surface area contributed by atoms with Crippen molar-refractivity contribution in [2.45, 2.75) is 19.0 Å². The summed E-state index contributed by atoms with van der Waals surface area (Å²) >= 11 is 0. The lowest BCUT2D eigenvalue weighted by Crippen LogP contribution is -2.44. The molecule has 23 heavy (non-hydrogen) atoms. The molecular formula is C13H19N3O5S2. The Morgan fingerprint density at radius 1 is 1.43 bits per heavy atom. The van der Waals surface area contributed by atoms with Gasteiger partial charge in [-0.1, -0.05) is 6.07 Å². The third-order valence-electron chi connectivity index (χ3n) is 3.45. The first-order chi connectivity index (χ1) is 10.7. The first kappa shape index (κ1) is 17.8. The van der Waals surface area contributed by atoms with Crippen LogP contribution in [0.4, 0.5) is 0 Å². The van der Waals surface area contributed by atoms with Crippen LogP contribution in [0.2, 0.25) is 0 Å². The number of aromatic nitrogens is 1. The van der Waals surface area contributed by atoms with Crippen molar-refractivity contribution in [3.05, 3.63) is 30.1 Å². The maximum atomic E-state index is 12.0. The van der Waals surface area contributed by atoms with E-state index in [0.29, 0.717) is 12.1 Å². The SMILES string of the molecule is CS(=O)(=O)N(CC(=O)NC1CCS(=O)(=O)C1)Cc1ccccn1. The number of pyridine rings is 1. The molecular weight excluding hydrogens is 342 g/mol. The second kappa shape index (κ2) is 6.93. The fourth-order valence-corrected chi connectivity index (χ4v) is 4.70. The number of nitrogens with zero attached hydrogens (tertiary/aromatic N) is 2. The molecule has 0 aliphatic carbocycles. The molecule has 2 heterocycles. The maximum Gasteiger partial charge on any atom is 0.235 e. The summed E-state index contributed by atoms with van der Waals surface area (Å²) in [5.41, 5.74) is 0.522. The minimum Gasteiger partial charge on any atom is -0.351 e. The minimum atomic E-state index is -3.60. The molecule has 1 aromatic heterocycles. The Balaban J connectivity index is 1.99. The van der Waals surface area contributed by atoms with Crippen molar-refractivity contribution in [2.24, 2.45) is 0 Å². The van der Waals surface area contributed by atoms with E-state index in [4.69, 9.17) is 0 Å². The standard InChI is InChI=1S/C13H19N3O5S2/c1-22(18,19)16(8-11-4-2-3-6-14-11)9-13(17)15-12-5-7-23(20,21)10-12/h2-4,6,12H,5,7-10H2,1H3,(H,15,17). The van der Waals surface area contributed by atoms with E-state index in [-0.39, 0.29) is 24.6 Å². The predicted octanol–water partition coefficient (Wildman–Crippen LogP) is -0.853. The van der Waals surface area contributed by atoms with Crippen molar-refractivity contribution in [2.75, 3.05) is 24.3 Å². The molecule has 1 N–H and O–H groups in total. The van der Waals surface area contributed by atoms with Crippen LogP contribution in [-0.2, 0) is 31.2 Å². The van der Waals surface area contributed by atoms with Crippen molar-refractivity contribution in [1.29, 1.82) is 0 Å². The topological polar surface area (TPSA) is 114 Å². The van der Waals surface area contributed by atoms with Gasteiger partial charge in [0.05, 0.1) is 36.5 Å². The number of sulfonamides is 1. The molecule has 1 unspecified atom stereocenters. The number of hydrogen-bond acceptors (Lipinski definition) is 6. The Bertz CT molecular complexity index is 762. The van der Waals surface area contributed by atoms with Crippen LogP contribution in [0.3, 0.4) is 0 Å². The zero-order chi connectivity index (χ0) is 17.1. The second-order valence-electron chi connectivity index (χ2n) is 5.52. The number of nitrogens with one attached hydrogen (secondary N) is 1. The molecule has 10 heteroatoms. The quantitative estimate of drug-likeness (QED) is 0.706. The van der Waals surface area contributed by atoms with E-state index in [1.807, 2.05) is 0 Å². The van der Waals surface area contributed by atoms with Gasteiger partial charge in [-0.2, -0.15) is 4.31 Å². The first-order valence-corrected chi connectivity index (χ1v) is 10.7. The molecule has 1 saturated heterocycles. The van der Waals surface area contributed by atoms with Crippen molar-refractivity contribution < 1.29 is 21.6 Å². The Kier molecular flexibility index (Phi) is 5.37. The van der Waals surface area contributed by atoms with Gasteiger partial charge in [-0.25, -0.2) is 16.8 Å². The number of sulfone groups is 1. The molecule has 2 rings (SSSR count). The van der Waals surface area contributed by atoms with E-state index >= 15 is 0 Å². The predicted molar refractivity (Wildman–Crippen MR) is 84.7 cm³/mol. The Hall–Kier alpha value is -1.52. The summed E-state index contributed by atoms with van der Waals surface area (Å²) in [5.74, 6) is -0.576. The van der Waals surface area contributed by atoms with Crippen LogP contribution in [0.5, 0.6) is 0 Å². The molecule has 0 aromatic carbocycles. The summed E-state index contributed by atoms with van der Waals surface area (Å²) in [7, 11) is -6.70. The van der Waals surface area contributed by atoms with Crippen LogP contribution in [0.1, 0.15) is 12.1 Å². The van der Waals surface area contributed by atoms with Gasteiger partial charge in [-0.15, -0.1) is 0 Å². The smallest absolute Gasteiger partial charge is 0.235 e. The monoisotopic (exact) mass is 361 g/mol. The summed E-state index contributed by atoms with van der Waals surface area (Å²) in [6.07, 6.45) is 2.91. The Morgan fingerprint density at radius 3 is 2.70 bits per heavy atom. The van der Waals surface area contributed by atoms with E-state index in [1.54, 1.807) is 24.4 Å². The molecule has 0 radical (unpaired) electrons. The number of amides is 1. The van der Waals surface area contributed by atoms with Crippen molar-refractivity contribution in [3.8, 4) is 0 Å². The average molecular weight is 361 g/mol. The molecule has 1 aliphatic rings. The number of carbonyl (C=O) groups is 1. The Morgan fingerprint density at radius 2 is 2.17 bits per heavy atom. The van der Waals surface area contributed by atoms with Gasteiger partial charge < -0.3 is 5.32 Å². The van der Waals surface area contributed by atoms with E-state index in [9.17, 15) is 21.6 Å². The molecule has 0 spiro atoms. The van der Waals surface area contributed by atoms with Crippen LogP contribution in [0.25, 0.3) is 0 Å². The largest absolute Gasteiger partial charge is 0.351 e. The molecule has 8 nitrogen and oxygen atoms in total. The van der Waals surface area contributed by atoms with E-state index < -0.39 is 31.8 Å². The first-order valence-electron chi connectivity index (χ1n) is 7.00. The minimum absolute atomic E-state index is 0.0178. The van der Waals surface area contributed by atoms with Crippen LogP contribution >= 0.6 is 0 Å². The van der Waals surface area contributed by atoms with Gasteiger partial charge in [0.2, 0.25) is 15.9 Å². The third-order valence-corrected chi connectivity index (χ3v) is 6.42. The van der Waals surface area contributed by atoms with Gasteiger partial charge in [0, 0.05) is 12.2 Å². The van der Waals surface area contributed by atoms with Crippen LogP contribution in [0.15, 0.2) is 24.4 Å². The highest BCUT2D eigenvalue weighted by molar-refractivity contribution is 7.91. The zero-order valence-electron chi connectivity index (χ0n) is 12.7. The molecule has 0 saturated carbocycles. The summed E-state index contributed by atoms with van der Waals surface area (Å²) in [6.45, 7) is -0.387. The summed E-state index contributed by atoms with van der Waals surface area (Å²) in [5, 5.41) is 2.58. The van der Waals surface area contributed by atoms with Crippen molar-refractivity contribution in [1.82, 2.24) is 14.6 Å². The fraction of sp³-hybridized carbons (Fsp3) is 0.538. The second-order valence-corrected chi connectivity index (χ2v) is 9.73. The van der Waals surface area contributed by atoms with Gasteiger partial charge in [0.1, 0.15) is 0 Å². The van der Waals surface area contributed by atoms with Gasteiger partial charge in [0.15, 0.2) is 9.84 Å². The van der Waals surface area contributed by atoms with Gasteiger partial charge in [-0.3, -0.25) is 9.78 Å². The zero-order valence-corrected chi connectivity index (χ0v) is 14.3. The van der Waals surface area contributed by atoms with Crippen molar-refractivity contribution >= 4 is 25.8 Å². The van der Waals surface area contributed by atoms with Gasteiger partial charge >= 0.3 is 0 Å². The molecule has 128 valence electrons. The number of rotatable bonds is 6. The van der Waals surface area contributed by atoms with Crippen LogP contribution in [0, 0.1) is 0 Å². The molecule has 1 aromatic rings. The lowest BCUT2D eigenvalue weighted by Gasteiger charge is -2.20. The highest BCUT2D eigenvalue weighted by Gasteiger charge is 2.30. The van der Waals surface area contributed by atoms with Crippen LogP contribution < -0.4 is 5.32 Å². The molecule has 1 amide bonds. The highest BCUT2D eigenvalue weighted by atomic mass is 32.2. The van der Waals surface area contributed by atoms with E-state index in [2.05, 4.69) is 10.3 Å². The molecule has 1 fully saturated rings. The summed E-state index contributed by atoms with van der Waals surface area (Å²) < 4.78 is 47.4. The maximum absolute atomic E-state index is 12.0. The number of hydrogen-bond donors (Lipinski definition) is 1. The van der Waals surface area contributed by atoms with Gasteiger partial charge in [0.25, 0.3) is 0 Å². The Labute approximate surface area is 135 Å². The summed E-state index contributed by atoms with van der Waals surface area (Å²) in [4.78, 5) is 16.1. The summed E-state index contributed by atoms with van der Waals surface area (Å²) in [6, 6.07) is 4.65. The highest BCUT2D eigenvalue weighted by Crippen LogP contribution is 2.12. The lowest BCUT2D eigenvalue weighted by atomic mass is 10.2.